The van der Waals surface area contributed by atoms with Crippen molar-refractivity contribution in [2.24, 2.45) is 11.8 Å². The van der Waals surface area contributed by atoms with Crippen molar-refractivity contribution in [1.29, 1.82) is 0 Å². The SMILES string of the molecule is CC1CCCCC1N1CCCC(CCC(=O)O)C1. The highest BCUT2D eigenvalue weighted by atomic mass is 16.4. The molecule has 18 heavy (non-hydrogen) atoms. The first-order valence-corrected chi connectivity index (χ1v) is 7.62. The Morgan fingerprint density at radius 1 is 1.22 bits per heavy atom. The number of likely N-dealkylation sites (tertiary alicyclic amines) is 1. The molecule has 2 rings (SSSR count). The summed E-state index contributed by atoms with van der Waals surface area (Å²) in [5.41, 5.74) is 0. The van der Waals surface area contributed by atoms with Gasteiger partial charge in [0.1, 0.15) is 0 Å². The van der Waals surface area contributed by atoms with Gasteiger partial charge in [0, 0.05) is 19.0 Å². The summed E-state index contributed by atoms with van der Waals surface area (Å²) < 4.78 is 0. The maximum Gasteiger partial charge on any atom is 0.303 e. The van der Waals surface area contributed by atoms with E-state index < -0.39 is 5.97 Å². The van der Waals surface area contributed by atoms with Crippen molar-refractivity contribution in [2.75, 3.05) is 13.1 Å². The summed E-state index contributed by atoms with van der Waals surface area (Å²) in [6.07, 6.45) is 9.21. The standard InChI is InChI=1S/C15H27NO2/c1-12-5-2-3-7-14(12)16-10-4-6-13(11-16)8-9-15(17)18/h12-14H,2-11H2,1H3,(H,17,18). The second kappa shape index (κ2) is 6.55. The molecular weight excluding hydrogens is 226 g/mol. The predicted octanol–water partition coefficient (Wildman–Crippen LogP) is 3.14. The van der Waals surface area contributed by atoms with Gasteiger partial charge in [0.25, 0.3) is 0 Å². The molecule has 1 aliphatic carbocycles. The van der Waals surface area contributed by atoms with Gasteiger partial charge in [0.05, 0.1) is 0 Å². The summed E-state index contributed by atoms with van der Waals surface area (Å²) >= 11 is 0. The molecule has 104 valence electrons. The molecule has 0 spiro atoms. The van der Waals surface area contributed by atoms with E-state index in [9.17, 15) is 4.79 Å². The zero-order chi connectivity index (χ0) is 13.0. The van der Waals surface area contributed by atoms with Crippen molar-refractivity contribution in [3.05, 3.63) is 0 Å². The molecule has 2 fully saturated rings. The lowest BCUT2D eigenvalue weighted by Crippen LogP contribution is -2.46. The Balaban J connectivity index is 1.83. The van der Waals surface area contributed by atoms with Crippen LogP contribution >= 0.6 is 0 Å². The summed E-state index contributed by atoms with van der Waals surface area (Å²) in [6.45, 7) is 4.77. The molecule has 1 N–H and O–H groups in total. The van der Waals surface area contributed by atoms with Crippen molar-refractivity contribution in [2.45, 2.75) is 64.3 Å². The molecule has 0 aromatic rings. The lowest BCUT2D eigenvalue weighted by Gasteiger charge is -2.43. The van der Waals surface area contributed by atoms with Crippen LogP contribution in [0.2, 0.25) is 0 Å². The topological polar surface area (TPSA) is 40.5 Å². The van der Waals surface area contributed by atoms with Gasteiger partial charge in [-0.1, -0.05) is 19.8 Å². The zero-order valence-electron chi connectivity index (χ0n) is 11.6. The van der Waals surface area contributed by atoms with Crippen molar-refractivity contribution in [3.63, 3.8) is 0 Å². The van der Waals surface area contributed by atoms with E-state index in [-0.39, 0.29) is 0 Å². The Hall–Kier alpha value is -0.570. The van der Waals surface area contributed by atoms with Gasteiger partial charge in [-0.05, 0) is 50.5 Å². The molecule has 0 amide bonds. The Morgan fingerprint density at radius 3 is 2.72 bits per heavy atom. The zero-order valence-corrected chi connectivity index (χ0v) is 11.6. The van der Waals surface area contributed by atoms with Crippen LogP contribution in [-0.2, 0) is 4.79 Å². The molecule has 3 heteroatoms. The second-order valence-corrected chi connectivity index (χ2v) is 6.26. The van der Waals surface area contributed by atoms with Crippen LogP contribution in [0.25, 0.3) is 0 Å². The fraction of sp³-hybridized carbons (Fsp3) is 0.933. The van der Waals surface area contributed by atoms with Crippen molar-refractivity contribution in [1.82, 2.24) is 4.90 Å². The van der Waals surface area contributed by atoms with Gasteiger partial charge in [-0.2, -0.15) is 0 Å². The number of carboxylic acid groups (broad SMARTS) is 1. The van der Waals surface area contributed by atoms with Gasteiger partial charge >= 0.3 is 5.97 Å². The van der Waals surface area contributed by atoms with Crippen molar-refractivity contribution in [3.8, 4) is 0 Å². The third-order valence-corrected chi connectivity index (χ3v) is 4.85. The Morgan fingerprint density at radius 2 is 2.00 bits per heavy atom. The van der Waals surface area contributed by atoms with Gasteiger partial charge in [-0.15, -0.1) is 0 Å². The van der Waals surface area contributed by atoms with Gasteiger partial charge in [-0.25, -0.2) is 0 Å². The maximum absolute atomic E-state index is 10.7. The fourth-order valence-electron chi connectivity index (χ4n) is 3.80. The summed E-state index contributed by atoms with van der Waals surface area (Å²) in [4.78, 5) is 13.3. The highest BCUT2D eigenvalue weighted by Gasteiger charge is 2.30. The quantitative estimate of drug-likeness (QED) is 0.836. The van der Waals surface area contributed by atoms with Crippen molar-refractivity contribution < 1.29 is 9.90 Å². The van der Waals surface area contributed by atoms with E-state index in [2.05, 4.69) is 11.8 Å². The van der Waals surface area contributed by atoms with E-state index in [1.54, 1.807) is 0 Å². The van der Waals surface area contributed by atoms with Crippen LogP contribution in [0, 0.1) is 11.8 Å². The molecule has 1 heterocycles. The minimum atomic E-state index is -0.641. The van der Waals surface area contributed by atoms with Gasteiger partial charge in [-0.3, -0.25) is 9.69 Å². The molecular formula is C15H27NO2. The van der Waals surface area contributed by atoms with Crippen LogP contribution in [-0.4, -0.2) is 35.1 Å². The Bertz CT molecular complexity index is 280. The normalized spacial score (nSPS) is 34.4. The molecule has 1 aliphatic heterocycles. The number of piperidine rings is 1. The molecule has 1 saturated carbocycles. The lowest BCUT2D eigenvalue weighted by molar-refractivity contribution is -0.137. The summed E-state index contributed by atoms with van der Waals surface area (Å²) in [7, 11) is 0. The van der Waals surface area contributed by atoms with Crippen LogP contribution in [0.1, 0.15) is 58.3 Å². The van der Waals surface area contributed by atoms with Crippen LogP contribution in [0.15, 0.2) is 0 Å². The highest BCUT2D eigenvalue weighted by molar-refractivity contribution is 5.66. The van der Waals surface area contributed by atoms with E-state index in [1.165, 1.54) is 45.1 Å². The number of aliphatic carboxylic acids is 1. The molecule has 3 unspecified atom stereocenters. The van der Waals surface area contributed by atoms with Gasteiger partial charge < -0.3 is 5.11 Å². The van der Waals surface area contributed by atoms with Crippen LogP contribution in [0.5, 0.6) is 0 Å². The third kappa shape index (κ3) is 3.71. The summed E-state index contributed by atoms with van der Waals surface area (Å²) in [6, 6.07) is 0.770. The molecule has 0 radical (unpaired) electrons. The highest BCUT2D eigenvalue weighted by Crippen LogP contribution is 2.32. The minimum Gasteiger partial charge on any atom is -0.481 e. The smallest absolute Gasteiger partial charge is 0.303 e. The van der Waals surface area contributed by atoms with Crippen LogP contribution in [0.3, 0.4) is 0 Å². The van der Waals surface area contributed by atoms with E-state index in [0.717, 1.165) is 24.9 Å². The number of nitrogens with zero attached hydrogens (tertiary/aromatic N) is 1. The third-order valence-electron chi connectivity index (χ3n) is 4.85. The van der Waals surface area contributed by atoms with E-state index in [0.29, 0.717) is 12.3 Å². The van der Waals surface area contributed by atoms with E-state index in [4.69, 9.17) is 5.11 Å². The number of carbonyl (C=O) groups is 1. The molecule has 2 aliphatic rings. The van der Waals surface area contributed by atoms with E-state index in [1.807, 2.05) is 0 Å². The first-order chi connectivity index (χ1) is 8.66. The van der Waals surface area contributed by atoms with Gasteiger partial charge in [0.2, 0.25) is 0 Å². The number of hydrogen-bond donors (Lipinski definition) is 1. The van der Waals surface area contributed by atoms with Crippen LogP contribution < -0.4 is 0 Å². The molecule has 0 bridgehead atoms. The number of carboxylic acids is 1. The molecule has 3 nitrogen and oxygen atoms in total. The Kier molecular flexibility index (Phi) is 5.04. The average molecular weight is 253 g/mol. The van der Waals surface area contributed by atoms with Crippen LogP contribution in [0.4, 0.5) is 0 Å². The average Bonchev–Trinajstić information content (AvgIpc) is 2.37. The van der Waals surface area contributed by atoms with Crippen molar-refractivity contribution >= 4 is 5.97 Å². The first-order valence-electron chi connectivity index (χ1n) is 7.62. The fourth-order valence-corrected chi connectivity index (χ4v) is 3.80. The maximum atomic E-state index is 10.7. The second-order valence-electron chi connectivity index (χ2n) is 6.26. The molecule has 1 saturated heterocycles. The number of rotatable bonds is 4. The lowest BCUT2D eigenvalue weighted by atomic mass is 9.82. The largest absolute Gasteiger partial charge is 0.481 e. The first kappa shape index (κ1) is 13.9. The summed E-state index contributed by atoms with van der Waals surface area (Å²) in [5.74, 6) is 0.805. The Labute approximate surface area is 111 Å². The number of hydrogen-bond acceptors (Lipinski definition) is 2. The molecule has 0 aromatic heterocycles. The molecule has 3 atom stereocenters. The predicted molar refractivity (Wildman–Crippen MR) is 72.6 cm³/mol. The molecule has 0 aromatic carbocycles. The van der Waals surface area contributed by atoms with E-state index >= 15 is 0 Å². The monoisotopic (exact) mass is 253 g/mol. The minimum absolute atomic E-state index is 0.346. The summed E-state index contributed by atoms with van der Waals surface area (Å²) in [5, 5.41) is 8.79. The van der Waals surface area contributed by atoms with Gasteiger partial charge in [0.15, 0.2) is 0 Å².